The van der Waals surface area contributed by atoms with E-state index in [4.69, 9.17) is 32.7 Å². The molecule has 1 N–H and O–H groups in total. The van der Waals surface area contributed by atoms with Gasteiger partial charge in [0.25, 0.3) is 0 Å². The summed E-state index contributed by atoms with van der Waals surface area (Å²) in [6.45, 7) is 0.217. The fourth-order valence-electron chi connectivity index (χ4n) is 2.66. The topological polar surface area (TPSA) is 55.8 Å². The number of carbonyl (C=O) groups is 1. The minimum atomic E-state index is -0.185. The van der Waals surface area contributed by atoms with Crippen LogP contribution in [0.2, 0.25) is 10.0 Å². The molecule has 0 amide bonds. The van der Waals surface area contributed by atoms with E-state index in [2.05, 4.69) is 0 Å². The number of hydrogen-bond donors (Lipinski definition) is 1. The van der Waals surface area contributed by atoms with Crippen molar-refractivity contribution in [2.24, 2.45) is 0 Å². The highest BCUT2D eigenvalue weighted by molar-refractivity contribution is 6.35. The zero-order valence-corrected chi connectivity index (χ0v) is 16.6. The lowest BCUT2D eigenvalue weighted by Gasteiger charge is -2.10. The largest absolute Gasteiger partial charge is 0.507 e. The van der Waals surface area contributed by atoms with Crippen molar-refractivity contribution in [2.75, 3.05) is 7.11 Å². The van der Waals surface area contributed by atoms with E-state index < -0.39 is 0 Å². The molecule has 0 heterocycles. The molecule has 0 saturated carbocycles. The number of methoxy groups -OCH3 is 1. The van der Waals surface area contributed by atoms with Crippen LogP contribution in [0.15, 0.2) is 60.7 Å². The summed E-state index contributed by atoms with van der Waals surface area (Å²) in [5.74, 6) is 0.846. The molecule has 3 aromatic rings. The van der Waals surface area contributed by atoms with Crippen molar-refractivity contribution >= 4 is 29.0 Å². The number of carbonyl (C=O) groups excluding carboxylic acids is 1. The van der Waals surface area contributed by atoms with Crippen molar-refractivity contribution in [2.45, 2.75) is 13.0 Å². The predicted molar refractivity (Wildman–Crippen MR) is 110 cm³/mol. The molecule has 3 aromatic carbocycles. The van der Waals surface area contributed by atoms with Crippen LogP contribution in [0.1, 0.15) is 21.5 Å². The Morgan fingerprint density at radius 3 is 2.32 bits per heavy atom. The maximum Gasteiger partial charge on any atom is 0.170 e. The first-order valence-corrected chi connectivity index (χ1v) is 9.27. The molecular formula is C22H18Cl2O4. The van der Waals surface area contributed by atoms with Crippen LogP contribution in [0.5, 0.6) is 17.2 Å². The SMILES string of the molecule is COc1ccc(CC(=O)c2ccc(OCc3ccc(Cl)cc3Cl)cc2O)cc1. The number of rotatable bonds is 7. The fraction of sp³-hybridized carbons (Fsp3) is 0.136. The molecule has 144 valence electrons. The summed E-state index contributed by atoms with van der Waals surface area (Å²) in [4.78, 5) is 12.5. The van der Waals surface area contributed by atoms with Crippen molar-refractivity contribution < 1.29 is 19.4 Å². The van der Waals surface area contributed by atoms with E-state index in [1.54, 1.807) is 49.6 Å². The molecule has 0 atom stereocenters. The maximum atomic E-state index is 12.5. The van der Waals surface area contributed by atoms with Crippen molar-refractivity contribution in [3.05, 3.63) is 87.4 Å². The lowest BCUT2D eigenvalue weighted by molar-refractivity contribution is 0.0990. The van der Waals surface area contributed by atoms with E-state index in [0.717, 1.165) is 16.9 Å². The first-order chi connectivity index (χ1) is 13.5. The summed E-state index contributed by atoms with van der Waals surface area (Å²) in [5, 5.41) is 11.3. The zero-order chi connectivity index (χ0) is 20.1. The molecule has 4 nitrogen and oxygen atoms in total. The van der Waals surface area contributed by atoms with Gasteiger partial charge in [-0.05, 0) is 42.0 Å². The number of hydrogen-bond acceptors (Lipinski definition) is 4. The Morgan fingerprint density at radius 2 is 1.68 bits per heavy atom. The molecule has 6 heteroatoms. The minimum Gasteiger partial charge on any atom is -0.507 e. The molecule has 0 aliphatic rings. The fourth-order valence-corrected chi connectivity index (χ4v) is 3.12. The third-order valence-corrected chi connectivity index (χ3v) is 4.79. The number of ketones is 1. The molecule has 0 fully saturated rings. The average Bonchev–Trinajstić information content (AvgIpc) is 2.68. The summed E-state index contributed by atoms with van der Waals surface area (Å²) in [6, 6.07) is 17.0. The molecule has 0 saturated heterocycles. The van der Waals surface area contributed by atoms with Crippen molar-refractivity contribution in [1.29, 1.82) is 0 Å². The number of phenolic OH excluding ortho intramolecular Hbond substituents is 1. The van der Waals surface area contributed by atoms with Gasteiger partial charge >= 0.3 is 0 Å². The molecule has 28 heavy (non-hydrogen) atoms. The van der Waals surface area contributed by atoms with Gasteiger partial charge in [-0.25, -0.2) is 0 Å². The third kappa shape index (κ3) is 4.97. The quantitative estimate of drug-likeness (QED) is 0.500. The number of halogens is 2. The average molecular weight is 417 g/mol. The van der Waals surface area contributed by atoms with Gasteiger partial charge < -0.3 is 14.6 Å². The molecule has 0 radical (unpaired) electrons. The van der Waals surface area contributed by atoms with Gasteiger partial charge in [0.1, 0.15) is 23.9 Å². The van der Waals surface area contributed by atoms with E-state index in [1.807, 2.05) is 12.1 Å². The highest BCUT2D eigenvalue weighted by Gasteiger charge is 2.13. The van der Waals surface area contributed by atoms with E-state index >= 15 is 0 Å². The summed E-state index contributed by atoms with van der Waals surface area (Å²) in [5.41, 5.74) is 1.85. The normalized spacial score (nSPS) is 10.5. The van der Waals surface area contributed by atoms with E-state index in [1.165, 1.54) is 6.07 Å². The number of benzene rings is 3. The predicted octanol–water partition coefficient (Wildman–Crippen LogP) is 5.71. The third-order valence-electron chi connectivity index (χ3n) is 4.20. The van der Waals surface area contributed by atoms with Crippen LogP contribution in [-0.2, 0) is 13.0 Å². The monoisotopic (exact) mass is 416 g/mol. The van der Waals surface area contributed by atoms with Crippen LogP contribution in [0.25, 0.3) is 0 Å². The Morgan fingerprint density at radius 1 is 0.964 bits per heavy atom. The zero-order valence-electron chi connectivity index (χ0n) is 15.1. The molecule has 0 bridgehead atoms. The minimum absolute atomic E-state index is 0.127. The maximum absolute atomic E-state index is 12.5. The lowest BCUT2D eigenvalue weighted by Crippen LogP contribution is -2.04. The van der Waals surface area contributed by atoms with E-state index in [0.29, 0.717) is 15.8 Å². The first kappa shape index (κ1) is 20.1. The Balaban J connectivity index is 1.66. The first-order valence-electron chi connectivity index (χ1n) is 8.52. The van der Waals surface area contributed by atoms with Crippen LogP contribution in [-0.4, -0.2) is 18.0 Å². The van der Waals surface area contributed by atoms with Gasteiger partial charge in [0.15, 0.2) is 5.78 Å². The Kier molecular flexibility index (Phi) is 6.45. The number of phenols is 1. The van der Waals surface area contributed by atoms with Gasteiger partial charge in [-0.2, -0.15) is 0 Å². The smallest absolute Gasteiger partial charge is 0.170 e. The summed E-state index contributed by atoms with van der Waals surface area (Å²) in [7, 11) is 1.59. The van der Waals surface area contributed by atoms with Gasteiger partial charge in [-0.1, -0.05) is 41.4 Å². The van der Waals surface area contributed by atoms with Crippen LogP contribution < -0.4 is 9.47 Å². The van der Waals surface area contributed by atoms with Crippen LogP contribution >= 0.6 is 23.2 Å². The van der Waals surface area contributed by atoms with Gasteiger partial charge in [-0.15, -0.1) is 0 Å². The van der Waals surface area contributed by atoms with Crippen molar-refractivity contribution in [3.63, 3.8) is 0 Å². The molecule has 0 spiro atoms. The molecular weight excluding hydrogens is 399 g/mol. The highest BCUT2D eigenvalue weighted by atomic mass is 35.5. The Bertz CT molecular complexity index is 984. The van der Waals surface area contributed by atoms with Crippen LogP contribution in [0, 0.1) is 0 Å². The lowest BCUT2D eigenvalue weighted by atomic mass is 10.0. The van der Waals surface area contributed by atoms with E-state index in [9.17, 15) is 9.90 Å². The molecule has 0 unspecified atom stereocenters. The second kappa shape index (κ2) is 9.00. The summed E-state index contributed by atoms with van der Waals surface area (Å²) >= 11 is 12.0. The van der Waals surface area contributed by atoms with Gasteiger partial charge in [0, 0.05) is 28.1 Å². The van der Waals surface area contributed by atoms with Gasteiger partial charge in [-0.3, -0.25) is 4.79 Å². The standard InChI is InChI=1S/C22H18Cl2O4/c1-27-17-6-2-14(3-7-17)10-21(25)19-9-8-18(12-22(19)26)28-13-15-4-5-16(23)11-20(15)24/h2-9,11-12,26H,10,13H2,1H3. The Hall–Kier alpha value is -2.69. The van der Waals surface area contributed by atoms with Gasteiger partial charge in [0.2, 0.25) is 0 Å². The van der Waals surface area contributed by atoms with Gasteiger partial charge in [0.05, 0.1) is 12.7 Å². The number of ether oxygens (including phenoxy) is 2. The van der Waals surface area contributed by atoms with Crippen LogP contribution in [0.3, 0.4) is 0 Å². The summed E-state index contributed by atoms with van der Waals surface area (Å²) < 4.78 is 10.8. The van der Waals surface area contributed by atoms with Crippen molar-refractivity contribution in [1.82, 2.24) is 0 Å². The molecule has 0 aliphatic heterocycles. The molecule has 0 aromatic heterocycles. The van der Waals surface area contributed by atoms with Crippen molar-refractivity contribution in [3.8, 4) is 17.2 Å². The number of aromatic hydroxyl groups is 1. The van der Waals surface area contributed by atoms with Crippen LogP contribution in [0.4, 0.5) is 0 Å². The second-order valence-corrected chi connectivity index (χ2v) is 7.00. The second-order valence-electron chi connectivity index (χ2n) is 6.15. The molecule has 0 aliphatic carbocycles. The number of Topliss-reactive ketones (excluding diaryl/α,β-unsaturated/α-hetero) is 1. The Labute approximate surface area is 173 Å². The molecule has 3 rings (SSSR count). The summed E-state index contributed by atoms with van der Waals surface area (Å²) in [6.07, 6.45) is 0.179. The van der Waals surface area contributed by atoms with E-state index in [-0.39, 0.29) is 30.1 Å². The highest BCUT2D eigenvalue weighted by Crippen LogP contribution is 2.27.